The normalized spacial score (nSPS) is 12.8. The van der Waals surface area contributed by atoms with Crippen LogP contribution in [-0.2, 0) is 16.0 Å². The Kier molecular flexibility index (Phi) is 5.65. The van der Waals surface area contributed by atoms with E-state index in [9.17, 15) is 9.59 Å². The number of carboxylic acid groups (broad SMARTS) is 1. The molecule has 0 saturated carbocycles. The third-order valence-electron chi connectivity index (χ3n) is 4.76. The molecule has 0 radical (unpaired) electrons. The molecular formula is C19H22N2O5S. The van der Waals surface area contributed by atoms with Crippen LogP contribution in [0.25, 0.3) is 10.6 Å². The number of aromatic nitrogens is 1. The number of hydrogen-bond acceptors (Lipinski definition) is 6. The largest absolute Gasteiger partial charge is 0.481 e. The van der Waals surface area contributed by atoms with Crippen molar-refractivity contribution in [3.63, 3.8) is 0 Å². The van der Waals surface area contributed by atoms with Gasteiger partial charge in [-0.05, 0) is 31.0 Å². The number of hydrogen-bond donors (Lipinski definition) is 2. The molecule has 2 N–H and O–H groups in total. The predicted octanol–water partition coefficient (Wildman–Crippen LogP) is 3.23. The summed E-state index contributed by atoms with van der Waals surface area (Å²) in [6, 6.07) is 5.62. The first-order valence-electron chi connectivity index (χ1n) is 8.82. The van der Waals surface area contributed by atoms with E-state index in [0.717, 1.165) is 10.6 Å². The summed E-state index contributed by atoms with van der Waals surface area (Å²) in [7, 11) is 0. The zero-order valence-corrected chi connectivity index (χ0v) is 16.1. The molecule has 0 saturated heterocycles. The Bertz CT molecular complexity index is 844. The highest BCUT2D eigenvalue weighted by Crippen LogP contribution is 2.36. The van der Waals surface area contributed by atoms with Crippen molar-refractivity contribution in [3.8, 4) is 22.1 Å². The topological polar surface area (TPSA) is 97.8 Å². The van der Waals surface area contributed by atoms with Crippen LogP contribution in [0.2, 0.25) is 0 Å². The number of aliphatic carboxylic acids is 1. The van der Waals surface area contributed by atoms with Gasteiger partial charge in [-0.15, -0.1) is 11.3 Å². The summed E-state index contributed by atoms with van der Waals surface area (Å²) in [6.45, 7) is 3.98. The first-order valence-corrected chi connectivity index (χ1v) is 9.70. The quantitative estimate of drug-likeness (QED) is 0.718. The van der Waals surface area contributed by atoms with E-state index >= 15 is 0 Å². The van der Waals surface area contributed by atoms with E-state index in [1.807, 2.05) is 37.4 Å². The van der Waals surface area contributed by atoms with Crippen LogP contribution in [0.5, 0.6) is 11.5 Å². The minimum Gasteiger partial charge on any atom is -0.481 e. The van der Waals surface area contributed by atoms with Crippen LogP contribution in [0, 0.1) is 0 Å². The number of benzene rings is 1. The third-order valence-corrected chi connectivity index (χ3v) is 5.70. The Labute approximate surface area is 161 Å². The zero-order valence-electron chi connectivity index (χ0n) is 15.3. The van der Waals surface area contributed by atoms with Crippen LogP contribution >= 0.6 is 11.3 Å². The fourth-order valence-corrected chi connectivity index (χ4v) is 3.88. The molecule has 27 heavy (non-hydrogen) atoms. The van der Waals surface area contributed by atoms with E-state index in [1.54, 1.807) is 0 Å². The number of thiazole rings is 1. The van der Waals surface area contributed by atoms with Crippen LogP contribution in [-0.4, -0.2) is 34.3 Å². The number of carboxylic acids is 1. The number of ether oxygens (including phenoxy) is 2. The molecule has 0 unspecified atom stereocenters. The number of carbonyl (C=O) groups excluding carboxylic acids is 1. The van der Waals surface area contributed by atoms with Crippen molar-refractivity contribution in [2.24, 2.45) is 0 Å². The van der Waals surface area contributed by atoms with E-state index in [1.165, 1.54) is 11.3 Å². The minimum atomic E-state index is -0.919. The van der Waals surface area contributed by atoms with Crippen molar-refractivity contribution < 1.29 is 24.2 Å². The van der Waals surface area contributed by atoms with Crippen molar-refractivity contribution in [2.75, 3.05) is 6.79 Å². The third kappa shape index (κ3) is 4.39. The van der Waals surface area contributed by atoms with Crippen molar-refractivity contribution >= 4 is 23.2 Å². The summed E-state index contributed by atoms with van der Waals surface area (Å²) in [6.07, 6.45) is 1.13. The summed E-state index contributed by atoms with van der Waals surface area (Å²) < 4.78 is 10.7. The molecule has 0 fully saturated rings. The van der Waals surface area contributed by atoms with Crippen molar-refractivity contribution in [3.05, 3.63) is 29.3 Å². The number of nitrogens with zero attached hydrogens (tertiary/aromatic N) is 1. The standard InChI is InChI=1S/C19H22N2O5S/c1-3-19(4-2,9-17(23)24)21-16(22)8-13-10-27-18(20-13)12-5-6-14-15(7-12)26-11-25-14/h5-7,10H,3-4,8-9,11H2,1-2H3,(H,21,22)(H,23,24). The highest BCUT2D eigenvalue weighted by atomic mass is 32.1. The lowest BCUT2D eigenvalue weighted by Gasteiger charge is -2.31. The Morgan fingerprint density at radius 3 is 2.70 bits per heavy atom. The van der Waals surface area contributed by atoms with E-state index in [0.29, 0.717) is 30.0 Å². The molecule has 1 aliphatic rings. The van der Waals surface area contributed by atoms with Crippen LogP contribution in [0.3, 0.4) is 0 Å². The molecule has 3 rings (SSSR count). The number of fused-ring (bicyclic) bond motifs is 1. The van der Waals surface area contributed by atoms with Gasteiger partial charge >= 0.3 is 5.97 Å². The van der Waals surface area contributed by atoms with E-state index in [4.69, 9.17) is 14.6 Å². The van der Waals surface area contributed by atoms with Crippen LogP contribution < -0.4 is 14.8 Å². The van der Waals surface area contributed by atoms with Gasteiger partial charge in [-0.1, -0.05) is 13.8 Å². The van der Waals surface area contributed by atoms with Gasteiger partial charge in [0.1, 0.15) is 5.01 Å². The molecule has 2 heterocycles. The summed E-state index contributed by atoms with van der Waals surface area (Å²) in [5.74, 6) is 0.260. The maximum atomic E-state index is 12.5. The Balaban J connectivity index is 1.68. The van der Waals surface area contributed by atoms with E-state index < -0.39 is 11.5 Å². The van der Waals surface area contributed by atoms with Gasteiger partial charge in [0.2, 0.25) is 12.7 Å². The molecule has 0 bridgehead atoms. The van der Waals surface area contributed by atoms with E-state index in [-0.39, 0.29) is 25.5 Å². The molecular weight excluding hydrogens is 368 g/mol. The first-order chi connectivity index (χ1) is 12.9. The molecule has 144 valence electrons. The predicted molar refractivity (Wildman–Crippen MR) is 101 cm³/mol. The van der Waals surface area contributed by atoms with Gasteiger partial charge in [-0.25, -0.2) is 4.98 Å². The van der Waals surface area contributed by atoms with Crippen molar-refractivity contribution in [2.45, 2.75) is 45.1 Å². The fourth-order valence-electron chi connectivity index (χ4n) is 3.07. The summed E-state index contributed by atoms with van der Waals surface area (Å²) in [5.41, 5.74) is 0.832. The average molecular weight is 390 g/mol. The Morgan fingerprint density at radius 1 is 1.26 bits per heavy atom. The molecule has 8 heteroatoms. The molecule has 0 aliphatic carbocycles. The van der Waals surface area contributed by atoms with Crippen LogP contribution in [0.15, 0.2) is 23.6 Å². The SMILES string of the molecule is CCC(CC)(CC(=O)O)NC(=O)Cc1csc(-c2ccc3c(c2)OCO3)n1. The van der Waals surface area contributed by atoms with Crippen LogP contribution in [0.4, 0.5) is 0 Å². The lowest BCUT2D eigenvalue weighted by Crippen LogP contribution is -2.49. The summed E-state index contributed by atoms with van der Waals surface area (Å²) in [4.78, 5) is 28.1. The second-order valence-electron chi connectivity index (χ2n) is 6.49. The van der Waals surface area contributed by atoms with Gasteiger partial charge in [0.15, 0.2) is 11.5 Å². The molecule has 0 spiro atoms. The fraction of sp³-hybridized carbons (Fsp3) is 0.421. The van der Waals surface area contributed by atoms with Gasteiger partial charge in [0.05, 0.1) is 18.5 Å². The van der Waals surface area contributed by atoms with Gasteiger partial charge in [0, 0.05) is 16.5 Å². The highest BCUT2D eigenvalue weighted by molar-refractivity contribution is 7.13. The van der Waals surface area contributed by atoms with E-state index in [2.05, 4.69) is 10.3 Å². The Hall–Kier alpha value is -2.61. The molecule has 7 nitrogen and oxygen atoms in total. The van der Waals surface area contributed by atoms with Gasteiger partial charge in [0.25, 0.3) is 0 Å². The zero-order chi connectivity index (χ0) is 19.4. The number of carbonyl (C=O) groups is 2. The number of nitrogens with one attached hydrogen (secondary N) is 1. The molecule has 2 aromatic rings. The van der Waals surface area contributed by atoms with Crippen molar-refractivity contribution in [1.29, 1.82) is 0 Å². The summed E-state index contributed by atoms with van der Waals surface area (Å²) in [5, 5.41) is 14.7. The monoisotopic (exact) mass is 390 g/mol. The molecule has 0 atom stereocenters. The molecule has 1 aliphatic heterocycles. The van der Waals surface area contributed by atoms with Crippen molar-refractivity contribution in [1.82, 2.24) is 10.3 Å². The number of rotatable bonds is 8. The summed E-state index contributed by atoms with van der Waals surface area (Å²) >= 11 is 1.45. The Morgan fingerprint density at radius 2 is 2.00 bits per heavy atom. The van der Waals surface area contributed by atoms with Gasteiger partial charge in [-0.3, -0.25) is 9.59 Å². The average Bonchev–Trinajstić information content (AvgIpc) is 3.29. The lowest BCUT2D eigenvalue weighted by molar-refractivity contribution is -0.139. The smallest absolute Gasteiger partial charge is 0.305 e. The second-order valence-corrected chi connectivity index (χ2v) is 7.35. The first kappa shape index (κ1) is 19.2. The molecule has 1 amide bonds. The van der Waals surface area contributed by atoms with Gasteiger partial charge in [-0.2, -0.15) is 0 Å². The number of amides is 1. The highest BCUT2D eigenvalue weighted by Gasteiger charge is 2.31. The minimum absolute atomic E-state index is 0.0920. The second kappa shape index (κ2) is 7.96. The maximum absolute atomic E-state index is 12.5. The lowest BCUT2D eigenvalue weighted by atomic mass is 9.88. The maximum Gasteiger partial charge on any atom is 0.305 e. The van der Waals surface area contributed by atoms with Gasteiger partial charge < -0.3 is 19.9 Å². The van der Waals surface area contributed by atoms with Crippen LogP contribution in [0.1, 0.15) is 38.8 Å². The molecule has 1 aromatic carbocycles. The molecule has 1 aromatic heterocycles.